The number of nitro benzene ring substituents is 1. The maximum absolute atomic E-state index is 13.0. The fraction of sp³-hybridized carbons (Fsp3) is 0.0769. The molecule has 108 valence electrons. The van der Waals surface area contributed by atoms with Gasteiger partial charge in [-0.1, -0.05) is 0 Å². The number of nitrogens with one attached hydrogen (secondary N) is 1. The number of aromatic nitrogens is 1. The number of nitro groups is 1. The van der Waals surface area contributed by atoms with Gasteiger partial charge in [0, 0.05) is 18.3 Å². The lowest BCUT2D eigenvalue weighted by atomic mass is 10.2. The first-order valence-electron chi connectivity index (χ1n) is 5.75. The average molecular weight is 291 g/mol. The van der Waals surface area contributed by atoms with Crippen molar-refractivity contribution in [2.75, 3.05) is 12.4 Å². The van der Waals surface area contributed by atoms with Gasteiger partial charge >= 0.3 is 0 Å². The van der Waals surface area contributed by atoms with Crippen LogP contribution in [0.2, 0.25) is 0 Å². The van der Waals surface area contributed by atoms with Crippen LogP contribution in [0.5, 0.6) is 5.75 Å². The molecular weight excluding hydrogens is 281 g/mol. The lowest BCUT2D eigenvalue weighted by Gasteiger charge is -2.09. The van der Waals surface area contributed by atoms with Crippen molar-refractivity contribution in [3.8, 4) is 5.75 Å². The van der Waals surface area contributed by atoms with Gasteiger partial charge in [-0.2, -0.15) is 0 Å². The zero-order chi connectivity index (χ0) is 15.4. The minimum absolute atomic E-state index is 0.0106. The van der Waals surface area contributed by atoms with Crippen LogP contribution in [0.25, 0.3) is 0 Å². The minimum atomic E-state index is -0.659. The van der Waals surface area contributed by atoms with E-state index in [-0.39, 0.29) is 22.7 Å². The fourth-order valence-electron chi connectivity index (χ4n) is 1.64. The molecule has 7 nitrogen and oxygen atoms in total. The third-order valence-corrected chi connectivity index (χ3v) is 2.61. The van der Waals surface area contributed by atoms with E-state index >= 15 is 0 Å². The largest absolute Gasteiger partial charge is 0.495 e. The fourth-order valence-corrected chi connectivity index (χ4v) is 1.64. The van der Waals surface area contributed by atoms with E-state index in [4.69, 9.17) is 4.74 Å². The highest BCUT2D eigenvalue weighted by atomic mass is 19.1. The predicted octanol–water partition coefficient (Wildman–Crippen LogP) is 2.39. The Kier molecular flexibility index (Phi) is 4.07. The monoisotopic (exact) mass is 291 g/mol. The number of carbonyl (C=O) groups is 1. The highest BCUT2D eigenvalue weighted by Gasteiger charge is 2.15. The molecule has 2 rings (SSSR count). The zero-order valence-corrected chi connectivity index (χ0v) is 10.9. The topological polar surface area (TPSA) is 94.4 Å². The summed E-state index contributed by atoms with van der Waals surface area (Å²) in [5, 5.41) is 13.2. The molecule has 1 aromatic carbocycles. The molecule has 1 amide bonds. The molecule has 0 saturated heterocycles. The van der Waals surface area contributed by atoms with E-state index in [9.17, 15) is 19.3 Å². The summed E-state index contributed by atoms with van der Waals surface area (Å²) in [6, 6.07) is 4.77. The van der Waals surface area contributed by atoms with Crippen molar-refractivity contribution < 1.29 is 18.8 Å². The highest BCUT2D eigenvalue weighted by Crippen LogP contribution is 2.29. The van der Waals surface area contributed by atoms with E-state index in [0.717, 1.165) is 18.3 Å². The molecule has 2 aromatic rings. The Hall–Kier alpha value is -3.03. The molecular formula is C13H10FN3O4. The lowest BCUT2D eigenvalue weighted by molar-refractivity contribution is -0.384. The molecule has 0 spiro atoms. The van der Waals surface area contributed by atoms with Gasteiger partial charge in [-0.3, -0.25) is 19.9 Å². The van der Waals surface area contributed by atoms with Gasteiger partial charge in [0.05, 0.1) is 29.5 Å². The smallest absolute Gasteiger partial charge is 0.271 e. The first-order chi connectivity index (χ1) is 10.0. The summed E-state index contributed by atoms with van der Waals surface area (Å²) >= 11 is 0. The summed E-state index contributed by atoms with van der Waals surface area (Å²) in [6.45, 7) is 0. The van der Waals surface area contributed by atoms with E-state index in [1.54, 1.807) is 0 Å². The van der Waals surface area contributed by atoms with Crippen LogP contribution in [-0.4, -0.2) is 22.9 Å². The Morgan fingerprint density at radius 2 is 2.14 bits per heavy atom. The maximum Gasteiger partial charge on any atom is 0.271 e. The SMILES string of the molecule is COc1ccc([N+](=O)[O-])cc1NC(=O)c1cncc(F)c1. The molecule has 0 unspecified atom stereocenters. The Bertz CT molecular complexity index is 706. The Morgan fingerprint density at radius 1 is 1.38 bits per heavy atom. The van der Waals surface area contributed by atoms with Crippen molar-refractivity contribution in [1.29, 1.82) is 0 Å². The average Bonchev–Trinajstić information content (AvgIpc) is 2.47. The van der Waals surface area contributed by atoms with Crippen molar-refractivity contribution >= 4 is 17.3 Å². The quantitative estimate of drug-likeness (QED) is 0.689. The molecule has 0 bridgehead atoms. The highest BCUT2D eigenvalue weighted by molar-refractivity contribution is 6.05. The second-order valence-electron chi connectivity index (χ2n) is 3.99. The Labute approximate surface area is 118 Å². The van der Waals surface area contributed by atoms with Crippen LogP contribution in [0.15, 0.2) is 36.7 Å². The number of rotatable bonds is 4. The number of benzene rings is 1. The van der Waals surface area contributed by atoms with Crippen LogP contribution in [0, 0.1) is 15.9 Å². The van der Waals surface area contributed by atoms with Crippen LogP contribution in [0.3, 0.4) is 0 Å². The van der Waals surface area contributed by atoms with E-state index in [2.05, 4.69) is 10.3 Å². The van der Waals surface area contributed by atoms with Gasteiger partial charge in [-0.15, -0.1) is 0 Å². The van der Waals surface area contributed by atoms with Gasteiger partial charge in [0.15, 0.2) is 0 Å². The molecule has 8 heteroatoms. The van der Waals surface area contributed by atoms with Crippen molar-refractivity contribution in [3.05, 3.63) is 58.2 Å². The van der Waals surface area contributed by atoms with Crippen LogP contribution in [-0.2, 0) is 0 Å². The Balaban J connectivity index is 2.31. The first kappa shape index (κ1) is 14.4. The molecule has 1 N–H and O–H groups in total. The van der Waals surface area contributed by atoms with Crippen LogP contribution >= 0.6 is 0 Å². The summed E-state index contributed by atoms with van der Waals surface area (Å²) in [6.07, 6.45) is 2.15. The lowest BCUT2D eigenvalue weighted by Crippen LogP contribution is -2.13. The van der Waals surface area contributed by atoms with Crippen molar-refractivity contribution in [3.63, 3.8) is 0 Å². The summed E-state index contributed by atoms with van der Waals surface area (Å²) in [4.78, 5) is 25.7. The number of ether oxygens (including phenoxy) is 1. The molecule has 21 heavy (non-hydrogen) atoms. The number of methoxy groups -OCH3 is 1. The Morgan fingerprint density at radius 3 is 2.76 bits per heavy atom. The van der Waals surface area contributed by atoms with Crippen LogP contribution in [0.1, 0.15) is 10.4 Å². The standard InChI is InChI=1S/C13H10FN3O4/c1-21-12-3-2-10(17(19)20)5-11(12)16-13(18)8-4-9(14)7-15-6-8/h2-7H,1H3,(H,16,18). The third kappa shape index (κ3) is 3.30. The van der Waals surface area contributed by atoms with E-state index in [1.165, 1.54) is 25.4 Å². The molecule has 0 radical (unpaired) electrons. The van der Waals surface area contributed by atoms with Gasteiger partial charge in [-0.25, -0.2) is 4.39 Å². The normalized spacial score (nSPS) is 10.0. The third-order valence-electron chi connectivity index (χ3n) is 2.61. The van der Waals surface area contributed by atoms with Crippen molar-refractivity contribution in [1.82, 2.24) is 4.98 Å². The molecule has 1 aromatic heterocycles. The summed E-state index contributed by atoms with van der Waals surface area (Å²) in [5.74, 6) is -1.06. The predicted molar refractivity (Wildman–Crippen MR) is 71.8 cm³/mol. The number of carbonyl (C=O) groups excluding carboxylic acids is 1. The summed E-state index contributed by atoms with van der Waals surface area (Å²) < 4.78 is 18.0. The van der Waals surface area contributed by atoms with Crippen molar-refractivity contribution in [2.45, 2.75) is 0 Å². The van der Waals surface area contributed by atoms with Gasteiger partial charge in [0.2, 0.25) is 0 Å². The van der Waals surface area contributed by atoms with Crippen molar-refractivity contribution in [2.24, 2.45) is 0 Å². The molecule has 0 aliphatic rings. The number of pyridine rings is 1. The van der Waals surface area contributed by atoms with Gasteiger partial charge in [0.1, 0.15) is 11.6 Å². The number of nitrogens with zero attached hydrogens (tertiary/aromatic N) is 2. The van der Waals surface area contributed by atoms with Gasteiger partial charge < -0.3 is 10.1 Å². The maximum atomic E-state index is 13.0. The second kappa shape index (κ2) is 5.95. The number of hydrogen-bond acceptors (Lipinski definition) is 5. The van der Waals surface area contributed by atoms with Crippen LogP contribution in [0.4, 0.5) is 15.8 Å². The van der Waals surface area contributed by atoms with E-state index in [0.29, 0.717) is 0 Å². The van der Waals surface area contributed by atoms with Crippen LogP contribution < -0.4 is 10.1 Å². The molecule has 0 aliphatic carbocycles. The van der Waals surface area contributed by atoms with E-state index in [1.807, 2.05) is 0 Å². The zero-order valence-electron chi connectivity index (χ0n) is 10.9. The molecule has 0 saturated carbocycles. The van der Waals surface area contributed by atoms with Gasteiger partial charge in [0.25, 0.3) is 11.6 Å². The van der Waals surface area contributed by atoms with E-state index < -0.39 is 16.6 Å². The number of non-ortho nitro benzene ring substituents is 1. The number of halogens is 1. The molecule has 0 fully saturated rings. The minimum Gasteiger partial charge on any atom is -0.495 e. The number of hydrogen-bond donors (Lipinski definition) is 1. The molecule has 0 atom stereocenters. The number of amides is 1. The summed E-state index contributed by atoms with van der Waals surface area (Å²) in [7, 11) is 1.36. The first-order valence-corrected chi connectivity index (χ1v) is 5.75. The number of anilines is 1. The molecule has 0 aliphatic heterocycles. The summed E-state index contributed by atoms with van der Waals surface area (Å²) in [5.41, 5.74) is -0.104. The molecule has 1 heterocycles. The van der Waals surface area contributed by atoms with Gasteiger partial charge in [-0.05, 0) is 12.1 Å². The second-order valence-corrected chi connectivity index (χ2v) is 3.99.